The van der Waals surface area contributed by atoms with E-state index in [2.05, 4.69) is 54.8 Å². The smallest absolute Gasteiger partial charge is 0.0724 e. The molecule has 19 heavy (non-hydrogen) atoms. The fourth-order valence-electron chi connectivity index (χ4n) is 1.87. The molecule has 2 aromatic carbocycles. The molecule has 0 spiro atoms. The number of rotatable bonds is 6. The largest absolute Gasteiger partial charge is 0.380 e. The van der Waals surface area contributed by atoms with E-state index < -0.39 is 0 Å². The maximum Gasteiger partial charge on any atom is 0.0724 e. The lowest BCUT2D eigenvalue weighted by molar-refractivity contribution is 0.183. The molecule has 0 unspecified atom stereocenters. The Morgan fingerprint density at radius 3 is 2.11 bits per heavy atom. The highest BCUT2D eigenvalue weighted by molar-refractivity contribution is 7.99. The van der Waals surface area contributed by atoms with E-state index in [1.807, 2.05) is 23.5 Å². The molecule has 0 bridgehead atoms. The molecule has 100 valence electrons. The molecule has 2 rings (SSSR count). The first-order valence-electron chi connectivity index (χ1n) is 6.16. The Labute approximate surface area is 123 Å². The lowest BCUT2D eigenvalue weighted by atomic mass is 10.2. The first kappa shape index (κ1) is 14.5. The summed E-state index contributed by atoms with van der Waals surface area (Å²) in [6.45, 7) is 0.661. The Kier molecular flexibility index (Phi) is 5.83. The van der Waals surface area contributed by atoms with E-state index in [1.54, 1.807) is 7.11 Å². The third kappa shape index (κ3) is 4.03. The summed E-state index contributed by atoms with van der Waals surface area (Å²) in [5.41, 5.74) is 2.64. The fraction of sp³-hybridized carbons (Fsp3) is 0.250. The van der Waals surface area contributed by atoms with Gasteiger partial charge in [-0.2, -0.15) is 11.8 Å². The monoisotopic (exact) mass is 290 g/mol. The van der Waals surface area contributed by atoms with Crippen molar-refractivity contribution in [2.24, 2.45) is 0 Å². The number of thioether (sulfide) groups is 1. The van der Waals surface area contributed by atoms with Gasteiger partial charge in [0.05, 0.1) is 6.61 Å². The summed E-state index contributed by atoms with van der Waals surface area (Å²) in [4.78, 5) is 2.61. The van der Waals surface area contributed by atoms with Gasteiger partial charge in [0.1, 0.15) is 0 Å². The number of methoxy groups -OCH3 is 1. The summed E-state index contributed by atoms with van der Waals surface area (Å²) >= 11 is 3.68. The maximum absolute atomic E-state index is 5.27. The van der Waals surface area contributed by atoms with Crippen molar-refractivity contribution in [3.8, 4) is 0 Å². The zero-order valence-electron chi connectivity index (χ0n) is 11.3. The Morgan fingerprint density at radius 2 is 1.47 bits per heavy atom. The second-order valence-electron chi connectivity index (χ2n) is 4.18. The molecule has 2 aromatic rings. The average Bonchev–Trinajstić information content (AvgIpc) is 2.44. The summed E-state index contributed by atoms with van der Waals surface area (Å²) in [6, 6.07) is 17.0. The SMILES string of the molecule is COCc1ccccc1Sc1ccccc1CSC. The molecule has 0 aliphatic heterocycles. The van der Waals surface area contributed by atoms with Crippen LogP contribution in [0.2, 0.25) is 0 Å². The van der Waals surface area contributed by atoms with Crippen molar-refractivity contribution < 1.29 is 4.74 Å². The van der Waals surface area contributed by atoms with Gasteiger partial charge in [-0.1, -0.05) is 48.2 Å². The molecule has 0 atom stereocenters. The molecular formula is C16H18OS2. The molecule has 0 aromatic heterocycles. The van der Waals surface area contributed by atoms with E-state index in [9.17, 15) is 0 Å². The van der Waals surface area contributed by atoms with Gasteiger partial charge in [-0.15, -0.1) is 0 Å². The van der Waals surface area contributed by atoms with Crippen LogP contribution in [0.15, 0.2) is 58.3 Å². The van der Waals surface area contributed by atoms with E-state index in [0.29, 0.717) is 6.61 Å². The summed E-state index contributed by atoms with van der Waals surface area (Å²) in [7, 11) is 1.74. The number of hydrogen-bond acceptors (Lipinski definition) is 3. The number of ether oxygens (including phenoxy) is 1. The van der Waals surface area contributed by atoms with Crippen LogP contribution in [0.25, 0.3) is 0 Å². The molecule has 0 aliphatic carbocycles. The van der Waals surface area contributed by atoms with Gasteiger partial charge < -0.3 is 4.74 Å². The zero-order valence-corrected chi connectivity index (χ0v) is 12.9. The van der Waals surface area contributed by atoms with E-state index in [1.165, 1.54) is 20.9 Å². The summed E-state index contributed by atoms with van der Waals surface area (Å²) in [6.07, 6.45) is 2.14. The Bertz CT molecular complexity index is 478. The normalized spacial score (nSPS) is 10.6. The van der Waals surface area contributed by atoms with Gasteiger partial charge >= 0.3 is 0 Å². The molecule has 1 nitrogen and oxygen atoms in total. The first-order chi connectivity index (χ1) is 9.35. The minimum Gasteiger partial charge on any atom is -0.380 e. The van der Waals surface area contributed by atoms with Crippen LogP contribution in [0.4, 0.5) is 0 Å². The minimum atomic E-state index is 0.661. The van der Waals surface area contributed by atoms with E-state index >= 15 is 0 Å². The molecule has 0 radical (unpaired) electrons. The average molecular weight is 290 g/mol. The molecule has 0 saturated carbocycles. The van der Waals surface area contributed by atoms with Gasteiger partial charge in [0.15, 0.2) is 0 Å². The van der Waals surface area contributed by atoms with Crippen LogP contribution in [0, 0.1) is 0 Å². The van der Waals surface area contributed by atoms with E-state index in [-0.39, 0.29) is 0 Å². The van der Waals surface area contributed by atoms with Crippen molar-refractivity contribution in [3.63, 3.8) is 0 Å². The summed E-state index contributed by atoms with van der Waals surface area (Å²) in [5, 5.41) is 0. The highest BCUT2D eigenvalue weighted by atomic mass is 32.2. The highest BCUT2D eigenvalue weighted by Gasteiger charge is 2.07. The quantitative estimate of drug-likeness (QED) is 0.753. The third-order valence-electron chi connectivity index (χ3n) is 2.76. The van der Waals surface area contributed by atoms with Crippen LogP contribution < -0.4 is 0 Å². The Morgan fingerprint density at radius 1 is 0.895 bits per heavy atom. The Balaban J connectivity index is 2.25. The molecule has 3 heteroatoms. The van der Waals surface area contributed by atoms with Crippen molar-refractivity contribution in [2.45, 2.75) is 22.2 Å². The molecule has 0 N–H and O–H groups in total. The number of benzene rings is 2. The second-order valence-corrected chi connectivity index (χ2v) is 6.13. The van der Waals surface area contributed by atoms with Crippen LogP contribution >= 0.6 is 23.5 Å². The minimum absolute atomic E-state index is 0.661. The van der Waals surface area contributed by atoms with Crippen molar-refractivity contribution >= 4 is 23.5 Å². The van der Waals surface area contributed by atoms with Gasteiger partial charge in [-0.05, 0) is 29.5 Å². The van der Waals surface area contributed by atoms with Crippen LogP contribution in [0.5, 0.6) is 0 Å². The lowest BCUT2D eigenvalue weighted by Crippen LogP contribution is -1.91. The van der Waals surface area contributed by atoms with Crippen molar-refractivity contribution in [1.82, 2.24) is 0 Å². The van der Waals surface area contributed by atoms with Gasteiger partial charge in [0.25, 0.3) is 0 Å². The highest BCUT2D eigenvalue weighted by Crippen LogP contribution is 2.34. The zero-order chi connectivity index (χ0) is 13.5. The Hall–Kier alpha value is -0.900. The standard InChI is InChI=1S/C16H18OS2/c1-17-11-13-7-3-5-9-15(13)19-16-10-6-4-8-14(16)12-18-2/h3-10H,11-12H2,1-2H3. The fourth-order valence-corrected chi connectivity index (χ4v) is 3.59. The van der Waals surface area contributed by atoms with Gasteiger partial charge in [-0.25, -0.2) is 0 Å². The predicted octanol–water partition coefficient (Wildman–Crippen LogP) is 4.85. The number of hydrogen-bond donors (Lipinski definition) is 0. The molecule has 0 aliphatic rings. The molecular weight excluding hydrogens is 272 g/mol. The van der Waals surface area contributed by atoms with Crippen LogP contribution in [0.1, 0.15) is 11.1 Å². The van der Waals surface area contributed by atoms with Crippen molar-refractivity contribution in [2.75, 3.05) is 13.4 Å². The van der Waals surface area contributed by atoms with E-state index in [4.69, 9.17) is 4.74 Å². The summed E-state index contributed by atoms with van der Waals surface area (Å²) < 4.78 is 5.27. The molecule has 0 heterocycles. The molecule has 0 amide bonds. The second kappa shape index (κ2) is 7.63. The molecule has 0 saturated heterocycles. The predicted molar refractivity (Wildman–Crippen MR) is 84.9 cm³/mol. The first-order valence-corrected chi connectivity index (χ1v) is 8.37. The maximum atomic E-state index is 5.27. The van der Waals surface area contributed by atoms with Gasteiger partial charge in [0, 0.05) is 22.7 Å². The lowest BCUT2D eigenvalue weighted by Gasteiger charge is -2.11. The van der Waals surface area contributed by atoms with Crippen LogP contribution in [-0.2, 0) is 17.1 Å². The summed E-state index contributed by atoms with van der Waals surface area (Å²) in [5.74, 6) is 1.05. The van der Waals surface area contributed by atoms with Crippen LogP contribution in [-0.4, -0.2) is 13.4 Å². The van der Waals surface area contributed by atoms with Crippen molar-refractivity contribution in [3.05, 3.63) is 59.7 Å². The van der Waals surface area contributed by atoms with Crippen molar-refractivity contribution in [1.29, 1.82) is 0 Å². The molecule has 0 fully saturated rings. The van der Waals surface area contributed by atoms with Crippen LogP contribution in [0.3, 0.4) is 0 Å². The third-order valence-corrected chi connectivity index (χ3v) is 4.60. The topological polar surface area (TPSA) is 9.23 Å². The van der Waals surface area contributed by atoms with Gasteiger partial charge in [0.2, 0.25) is 0 Å². The van der Waals surface area contributed by atoms with Gasteiger partial charge in [-0.3, -0.25) is 0 Å². The van der Waals surface area contributed by atoms with E-state index in [0.717, 1.165) is 5.75 Å².